The summed E-state index contributed by atoms with van der Waals surface area (Å²) in [5, 5.41) is 21.4. The van der Waals surface area contributed by atoms with E-state index in [2.05, 4.69) is 37.2 Å². The van der Waals surface area contributed by atoms with Gasteiger partial charge in [-0.05, 0) is 75.6 Å². The van der Waals surface area contributed by atoms with Gasteiger partial charge in [0.05, 0.1) is 15.1 Å². The number of aromatic carboxylic acids is 1. The number of nitrogens with zero attached hydrogens (tertiary/aromatic N) is 1. The van der Waals surface area contributed by atoms with E-state index in [9.17, 15) is 14.9 Å². The van der Waals surface area contributed by atoms with E-state index >= 15 is 0 Å². The fourth-order valence-corrected chi connectivity index (χ4v) is 4.17. The van der Waals surface area contributed by atoms with Crippen molar-refractivity contribution in [2.75, 3.05) is 5.32 Å². The third kappa shape index (κ3) is 6.68. The molecule has 3 aromatic rings. The average molecular weight is 591 g/mol. The van der Waals surface area contributed by atoms with Gasteiger partial charge in [-0.1, -0.05) is 45.7 Å². The molecule has 0 unspecified atom stereocenters. The van der Waals surface area contributed by atoms with E-state index in [4.69, 9.17) is 21.4 Å². The molecule has 9 heteroatoms. The van der Waals surface area contributed by atoms with Crippen molar-refractivity contribution in [2.24, 2.45) is 0 Å². The minimum Gasteiger partial charge on any atom is -0.486 e. The topological polar surface area (TPSA) is 99.4 Å². The van der Waals surface area contributed by atoms with Crippen LogP contribution in [0.3, 0.4) is 0 Å². The molecule has 1 amide bonds. The van der Waals surface area contributed by atoms with Crippen LogP contribution in [0.15, 0.2) is 75.2 Å². The largest absolute Gasteiger partial charge is 0.486 e. The number of amides is 1. The molecule has 0 bridgehead atoms. The minimum atomic E-state index is -1.00. The van der Waals surface area contributed by atoms with Crippen molar-refractivity contribution < 1.29 is 19.4 Å². The second-order valence-electron chi connectivity index (χ2n) is 6.74. The molecule has 0 aliphatic rings. The number of anilines is 1. The van der Waals surface area contributed by atoms with Gasteiger partial charge in [0.25, 0.3) is 5.91 Å². The van der Waals surface area contributed by atoms with Gasteiger partial charge in [-0.3, -0.25) is 4.79 Å². The van der Waals surface area contributed by atoms with Crippen molar-refractivity contribution in [3.05, 3.63) is 96.9 Å². The fraction of sp³-hybridized carbons (Fsp3) is 0.0417. The molecule has 0 radical (unpaired) electrons. The Morgan fingerprint density at radius 3 is 2.45 bits per heavy atom. The van der Waals surface area contributed by atoms with Gasteiger partial charge in [-0.2, -0.15) is 5.26 Å². The van der Waals surface area contributed by atoms with Gasteiger partial charge in [0.1, 0.15) is 18.2 Å². The number of rotatable bonds is 7. The number of carbonyl (C=O) groups is 2. The highest BCUT2D eigenvalue weighted by atomic mass is 79.9. The zero-order valence-electron chi connectivity index (χ0n) is 16.8. The molecule has 0 aromatic heterocycles. The molecular weight excluding hydrogens is 576 g/mol. The first-order valence-electron chi connectivity index (χ1n) is 9.39. The van der Waals surface area contributed by atoms with Gasteiger partial charge in [0.2, 0.25) is 0 Å². The first-order chi connectivity index (χ1) is 15.8. The normalized spacial score (nSPS) is 10.9. The maximum absolute atomic E-state index is 12.5. The van der Waals surface area contributed by atoms with E-state index in [0.29, 0.717) is 21.5 Å². The molecule has 0 atom stereocenters. The summed E-state index contributed by atoms with van der Waals surface area (Å²) in [4.78, 5) is 23.4. The Hall–Kier alpha value is -3.12. The number of carboxylic acids is 1. The predicted molar refractivity (Wildman–Crippen MR) is 133 cm³/mol. The summed E-state index contributed by atoms with van der Waals surface area (Å²) in [5.74, 6) is -1.17. The molecule has 6 nitrogen and oxygen atoms in total. The van der Waals surface area contributed by atoms with Crippen LogP contribution in [-0.4, -0.2) is 17.0 Å². The highest BCUT2D eigenvalue weighted by Gasteiger charge is 2.13. The number of hydrogen-bond acceptors (Lipinski definition) is 4. The fourth-order valence-electron chi connectivity index (χ4n) is 2.78. The monoisotopic (exact) mass is 588 g/mol. The van der Waals surface area contributed by atoms with Gasteiger partial charge in [-0.25, -0.2) is 4.79 Å². The third-order valence-electron chi connectivity index (χ3n) is 4.36. The summed E-state index contributed by atoms with van der Waals surface area (Å²) in [6, 6.07) is 18.5. The van der Waals surface area contributed by atoms with Crippen LogP contribution in [0.25, 0.3) is 6.08 Å². The van der Waals surface area contributed by atoms with E-state index in [1.165, 1.54) is 18.2 Å². The smallest absolute Gasteiger partial charge is 0.335 e. The lowest BCUT2D eigenvalue weighted by molar-refractivity contribution is -0.112. The minimum absolute atomic E-state index is 0.0925. The first-order valence-corrected chi connectivity index (χ1v) is 11.4. The zero-order valence-corrected chi connectivity index (χ0v) is 20.7. The Labute approximate surface area is 211 Å². The van der Waals surface area contributed by atoms with Crippen LogP contribution in [0.2, 0.25) is 5.02 Å². The summed E-state index contributed by atoms with van der Waals surface area (Å²) in [5.41, 5.74) is 1.94. The Kier molecular flexibility index (Phi) is 8.28. The molecule has 2 N–H and O–H groups in total. The molecule has 166 valence electrons. The van der Waals surface area contributed by atoms with E-state index in [-0.39, 0.29) is 22.8 Å². The molecule has 33 heavy (non-hydrogen) atoms. The lowest BCUT2D eigenvalue weighted by Crippen LogP contribution is -2.13. The van der Waals surface area contributed by atoms with Crippen LogP contribution < -0.4 is 10.1 Å². The average Bonchev–Trinajstić information content (AvgIpc) is 2.77. The lowest BCUT2D eigenvalue weighted by atomic mass is 10.1. The standard InChI is InChI=1S/C24H15Br2ClN2O4/c25-18-2-1-3-19(11-18)29-23(30)17(12-28)8-15-9-20(26)22(21(27)10-15)33-13-14-4-6-16(7-5-14)24(31)32/h1-11H,13H2,(H,29,30)(H,31,32)/b17-8-. The molecule has 0 fully saturated rings. The van der Waals surface area contributed by atoms with Crippen LogP contribution >= 0.6 is 43.5 Å². The summed E-state index contributed by atoms with van der Waals surface area (Å²) in [6.07, 6.45) is 1.43. The molecule has 0 saturated carbocycles. The van der Waals surface area contributed by atoms with Gasteiger partial charge in [0.15, 0.2) is 5.75 Å². The van der Waals surface area contributed by atoms with Crippen LogP contribution in [0, 0.1) is 11.3 Å². The maximum Gasteiger partial charge on any atom is 0.335 e. The Balaban J connectivity index is 1.75. The Morgan fingerprint density at radius 1 is 1.12 bits per heavy atom. The molecule has 0 saturated heterocycles. The van der Waals surface area contributed by atoms with Gasteiger partial charge in [0, 0.05) is 10.2 Å². The number of hydrogen-bond donors (Lipinski definition) is 2. The second-order valence-corrected chi connectivity index (χ2v) is 8.92. The number of nitrogens with one attached hydrogen (secondary N) is 1. The van der Waals surface area contributed by atoms with Crippen LogP contribution in [0.5, 0.6) is 5.75 Å². The van der Waals surface area contributed by atoms with E-state index in [0.717, 1.165) is 10.0 Å². The van der Waals surface area contributed by atoms with Crippen molar-refractivity contribution in [3.63, 3.8) is 0 Å². The summed E-state index contributed by atoms with van der Waals surface area (Å²) in [6.45, 7) is 0.173. The predicted octanol–water partition coefficient (Wildman–Crippen LogP) is 6.69. The molecule has 0 spiro atoms. The summed E-state index contributed by atoms with van der Waals surface area (Å²) in [7, 11) is 0. The third-order valence-corrected chi connectivity index (χ3v) is 5.73. The van der Waals surface area contributed by atoms with Crippen molar-refractivity contribution in [3.8, 4) is 11.8 Å². The molecule has 0 heterocycles. The van der Waals surface area contributed by atoms with Crippen LogP contribution in [0.1, 0.15) is 21.5 Å². The number of carbonyl (C=O) groups excluding carboxylic acids is 1. The first kappa shape index (κ1) is 24.5. The van der Waals surface area contributed by atoms with Gasteiger partial charge in [-0.15, -0.1) is 0 Å². The van der Waals surface area contributed by atoms with E-state index < -0.39 is 11.9 Å². The second kappa shape index (κ2) is 11.1. The lowest BCUT2D eigenvalue weighted by Gasteiger charge is -2.12. The quantitative estimate of drug-likeness (QED) is 0.236. The molecule has 3 aromatic carbocycles. The number of ether oxygens (including phenoxy) is 1. The zero-order chi connectivity index (χ0) is 24.0. The highest BCUT2D eigenvalue weighted by Crippen LogP contribution is 2.35. The van der Waals surface area contributed by atoms with Gasteiger partial charge < -0.3 is 15.2 Å². The molecular formula is C24H15Br2ClN2O4. The Bertz CT molecular complexity index is 1260. The summed E-state index contributed by atoms with van der Waals surface area (Å²) >= 11 is 13.1. The molecule has 3 rings (SSSR count). The van der Waals surface area contributed by atoms with Crippen molar-refractivity contribution in [1.29, 1.82) is 5.26 Å². The van der Waals surface area contributed by atoms with Crippen molar-refractivity contribution in [1.82, 2.24) is 0 Å². The number of halogens is 3. The maximum atomic E-state index is 12.5. The van der Waals surface area contributed by atoms with Crippen molar-refractivity contribution >= 4 is 67.1 Å². The van der Waals surface area contributed by atoms with Crippen LogP contribution in [-0.2, 0) is 11.4 Å². The highest BCUT2D eigenvalue weighted by molar-refractivity contribution is 9.10. The van der Waals surface area contributed by atoms with E-state index in [1.54, 1.807) is 42.5 Å². The summed E-state index contributed by atoms with van der Waals surface area (Å²) < 4.78 is 7.12. The molecule has 0 aliphatic heterocycles. The number of nitriles is 1. The van der Waals surface area contributed by atoms with Gasteiger partial charge >= 0.3 is 5.97 Å². The van der Waals surface area contributed by atoms with Crippen LogP contribution in [0.4, 0.5) is 5.69 Å². The molecule has 0 aliphatic carbocycles. The number of carboxylic acid groups (broad SMARTS) is 1. The van der Waals surface area contributed by atoms with E-state index in [1.807, 2.05) is 12.1 Å². The number of benzene rings is 3. The Morgan fingerprint density at radius 2 is 1.85 bits per heavy atom. The van der Waals surface area contributed by atoms with Crippen molar-refractivity contribution in [2.45, 2.75) is 6.61 Å². The SMILES string of the molecule is N#C/C(=C/c1cc(Cl)c(OCc2ccc(C(=O)O)cc2)c(Br)c1)C(=O)Nc1cccc(Br)c1.